The Morgan fingerprint density at radius 3 is 2.82 bits per heavy atom. The monoisotopic (exact) mass is 235 g/mol. The van der Waals surface area contributed by atoms with Gasteiger partial charge in [-0.25, -0.2) is 4.79 Å². The fourth-order valence-electron chi connectivity index (χ4n) is 1.19. The molecule has 1 amide bonds. The summed E-state index contributed by atoms with van der Waals surface area (Å²) in [7, 11) is 0. The molecule has 1 aromatic rings. The van der Waals surface area contributed by atoms with Gasteiger partial charge in [-0.1, -0.05) is 0 Å². The lowest BCUT2D eigenvalue weighted by atomic mass is 10.1. The SMILES string of the molecule is Cc1nnc(NCCOC(N)=O)c(C#N)c1C. The molecular formula is C10H13N5O2. The normalized spacial score (nSPS) is 9.47. The Morgan fingerprint density at radius 2 is 2.24 bits per heavy atom. The number of rotatable bonds is 4. The molecule has 3 N–H and O–H groups in total. The third kappa shape index (κ3) is 3.31. The lowest BCUT2D eigenvalue weighted by Gasteiger charge is -2.09. The topological polar surface area (TPSA) is 114 Å². The fourth-order valence-corrected chi connectivity index (χ4v) is 1.19. The van der Waals surface area contributed by atoms with Crippen LogP contribution in [0.2, 0.25) is 0 Å². The number of carbonyl (C=O) groups excluding carboxylic acids is 1. The van der Waals surface area contributed by atoms with Crippen molar-refractivity contribution in [2.75, 3.05) is 18.5 Å². The van der Waals surface area contributed by atoms with Crippen LogP contribution in [0.1, 0.15) is 16.8 Å². The maximum absolute atomic E-state index is 10.3. The van der Waals surface area contributed by atoms with Gasteiger partial charge < -0.3 is 15.8 Å². The predicted molar refractivity (Wildman–Crippen MR) is 60.2 cm³/mol. The van der Waals surface area contributed by atoms with Crippen LogP contribution in [0.4, 0.5) is 10.6 Å². The molecule has 0 aliphatic rings. The summed E-state index contributed by atoms with van der Waals surface area (Å²) in [6.45, 7) is 4.00. The first-order valence-electron chi connectivity index (χ1n) is 4.96. The average molecular weight is 235 g/mol. The summed E-state index contributed by atoms with van der Waals surface area (Å²) in [4.78, 5) is 10.3. The van der Waals surface area contributed by atoms with Gasteiger partial charge in [-0.05, 0) is 19.4 Å². The molecule has 7 heteroatoms. The minimum Gasteiger partial charge on any atom is -0.448 e. The Morgan fingerprint density at radius 1 is 1.53 bits per heavy atom. The number of carbonyl (C=O) groups is 1. The van der Waals surface area contributed by atoms with Crippen molar-refractivity contribution >= 4 is 11.9 Å². The second kappa shape index (κ2) is 5.65. The van der Waals surface area contributed by atoms with Crippen molar-refractivity contribution in [3.05, 3.63) is 16.8 Å². The summed E-state index contributed by atoms with van der Waals surface area (Å²) in [6.07, 6.45) is -0.835. The summed E-state index contributed by atoms with van der Waals surface area (Å²) in [5.41, 5.74) is 6.73. The first-order valence-corrected chi connectivity index (χ1v) is 4.96. The van der Waals surface area contributed by atoms with Crippen LogP contribution in [0.5, 0.6) is 0 Å². The van der Waals surface area contributed by atoms with Crippen LogP contribution < -0.4 is 11.1 Å². The molecule has 1 heterocycles. The second-order valence-electron chi connectivity index (χ2n) is 3.34. The summed E-state index contributed by atoms with van der Waals surface area (Å²) >= 11 is 0. The highest BCUT2D eigenvalue weighted by molar-refractivity contribution is 5.64. The first kappa shape index (κ1) is 12.7. The Labute approximate surface area is 98.6 Å². The largest absolute Gasteiger partial charge is 0.448 e. The number of aromatic nitrogens is 2. The Kier molecular flexibility index (Phi) is 4.22. The molecule has 0 atom stereocenters. The number of anilines is 1. The molecule has 0 fully saturated rings. The van der Waals surface area contributed by atoms with Gasteiger partial charge in [0.1, 0.15) is 18.2 Å². The highest BCUT2D eigenvalue weighted by Gasteiger charge is 2.09. The molecule has 0 aromatic carbocycles. The van der Waals surface area contributed by atoms with Crippen molar-refractivity contribution in [3.63, 3.8) is 0 Å². The molecule has 0 aliphatic carbocycles. The minimum absolute atomic E-state index is 0.106. The van der Waals surface area contributed by atoms with Gasteiger partial charge in [-0.3, -0.25) is 0 Å². The van der Waals surface area contributed by atoms with Crippen LogP contribution in [-0.2, 0) is 4.74 Å². The average Bonchev–Trinajstić information content (AvgIpc) is 2.29. The molecule has 0 radical (unpaired) electrons. The third-order valence-electron chi connectivity index (χ3n) is 2.21. The zero-order chi connectivity index (χ0) is 12.8. The van der Waals surface area contributed by atoms with E-state index in [0.717, 1.165) is 5.56 Å². The minimum atomic E-state index is -0.835. The van der Waals surface area contributed by atoms with Crippen LogP contribution in [0.3, 0.4) is 0 Å². The second-order valence-corrected chi connectivity index (χ2v) is 3.34. The van der Waals surface area contributed by atoms with E-state index in [1.54, 1.807) is 13.8 Å². The van der Waals surface area contributed by atoms with Gasteiger partial charge in [0.25, 0.3) is 0 Å². The zero-order valence-corrected chi connectivity index (χ0v) is 9.65. The van der Waals surface area contributed by atoms with Gasteiger partial charge in [0, 0.05) is 0 Å². The van der Waals surface area contributed by atoms with Crippen molar-refractivity contribution < 1.29 is 9.53 Å². The number of nitrogens with zero attached hydrogens (tertiary/aromatic N) is 3. The van der Waals surface area contributed by atoms with E-state index in [1.807, 2.05) is 0 Å². The summed E-state index contributed by atoms with van der Waals surface area (Å²) in [5, 5.41) is 19.6. The van der Waals surface area contributed by atoms with Crippen molar-refractivity contribution in [2.45, 2.75) is 13.8 Å². The standard InChI is InChI=1S/C10H13N5O2/c1-6-7(2)14-15-9(8(6)5-11)13-3-4-17-10(12)16/h3-4H2,1-2H3,(H2,12,16)(H,13,15). The van der Waals surface area contributed by atoms with Crippen LogP contribution >= 0.6 is 0 Å². The molecule has 1 rings (SSSR count). The van der Waals surface area contributed by atoms with Crippen LogP contribution in [-0.4, -0.2) is 29.4 Å². The number of nitrogens with two attached hydrogens (primary N) is 1. The van der Waals surface area contributed by atoms with E-state index < -0.39 is 6.09 Å². The summed E-state index contributed by atoms with van der Waals surface area (Å²) in [5.74, 6) is 0.378. The lowest BCUT2D eigenvalue weighted by Crippen LogP contribution is -2.19. The van der Waals surface area contributed by atoms with Crippen molar-refractivity contribution in [3.8, 4) is 6.07 Å². The molecule has 0 saturated carbocycles. The third-order valence-corrected chi connectivity index (χ3v) is 2.21. The molecule has 0 spiro atoms. The number of hydrogen-bond acceptors (Lipinski definition) is 6. The molecule has 0 aliphatic heterocycles. The van der Waals surface area contributed by atoms with Crippen molar-refractivity contribution in [1.29, 1.82) is 5.26 Å². The maximum Gasteiger partial charge on any atom is 0.404 e. The Balaban J connectivity index is 2.69. The molecule has 0 unspecified atom stereocenters. The van der Waals surface area contributed by atoms with E-state index in [2.05, 4.69) is 26.3 Å². The summed E-state index contributed by atoms with van der Waals surface area (Å²) in [6, 6.07) is 2.06. The smallest absolute Gasteiger partial charge is 0.404 e. The highest BCUT2D eigenvalue weighted by Crippen LogP contribution is 2.16. The van der Waals surface area contributed by atoms with Crippen LogP contribution in [0.25, 0.3) is 0 Å². The molecule has 0 bridgehead atoms. The van der Waals surface area contributed by atoms with Crippen LogP contribution in [0.15, 0.2) is 0 Å². The number of amides is 1. The van der Waals surface area contributed by atoms with Gasteiger partial charge in [0.05, 0.1) is 12.2 Å². The maximum atomic E-state index is 10.3. The van der Waals surface area contributed by atoms with Gasteiger partial charge in [-0.15, -0.1) is 5.10 Å². The molecule has 17 heavy (non-hydrogen) atoms. The predicted octanol–water partition coefficient (Wildman–Crippen LogP) is 0.472. The number of nitrogens with one attached hydrogen (secondary N) is 1. The molecule has 1 aromatic heterocycles. The van der Waals surface area contributed by atoms with E-state index >= 15 is 0 Å². The highest BCUT2D eigenvalue weighted by atomic mass is 16.5. The number of aryl methyl sites for hydroxylation is 1. The van der Waals surface area contributed by atoms with Crippen molar-refractivity contribution in [2.24, 2.45) is 5.73 Å². The van der Waals surface area contributed by atoms with E-state index in [0.29, 0.717) is 23.6 Å². The molecule has 7 nitrogen and oxygen atoms in total. The van der Waals surface area contributed by atoms with Gasteiger partial charge in [-0.2, -0.15) is 10.4 Å². The number of nitriles is 1. The molecular weight excluding hydrogens is 222 g/mol. The molecule has 90 valence electrons. The van der Waals surface area contributed by atoms with Crippen molar-refractivity contribution in [1.82, 2.24) is 10.2 Å². The van der Waals surface area contributed by atoms with Gasteiger partial charge in [0.2, 0.25) is 0 Å². The zero-order valence-electron chi connectivity index (χ0n) is 9.65. The molecule has 0 saturated heterocycles. The number of primary amides is 1. The van der Waals surface area contributed by atoms with E-state index in [-0.39, 0.29) is 6.61 Å². The fraction of sp³-hybridized carbons (Fsp3) is 0.400. The Hall–Kier alpha value is -2.36. The lowest BCUT2D eigenvalue weighted by molar-refractivity contribution is 0.161. The number of ether oxygens (including phenoxy) is 1. The van der Waals surface area contributed by atoms with Crippen LogP contribution in [0, 0.1) is 25.2 Å². The Bertz CT molecular complexity index is 466. The first-order chi connectivity index (χ1) is 8.06. The van der Waals surface area contributed by atoms with E-state index in [1.165, 1.54) is 0 Å². The summed E-state index contributed by atoms with van der Waals surface area (Å²) < 4.78 is 4.54. The van der Waals surface area contributed by atoms with Gasteiger partial charge in [0.15, 0.2) is 5.82 Å². The van der Waals surface area contributed by atoms with E-state index in [4.69, 9.17) is 11.0 Å². The quantitative estimate of drug-likeness (QED) is 0.733. The van der Waals surface area contributed by atoms with E-state index in [9.17, 15) is 4.79 Å². The van der Waals surface area contributed by atoms with Gasteiger partial charge >= 0.3 is 6.09 Å². The number of hydrogen-bond donors (Lipinski definition) is 2.